The third kappa shape index (κ3) is 4.43. The van der Waals surface area contributed by atoms with E-state index in [0.29, 0.717) is 35.4 Å². The lowest BCUT2D eigenvalue weighted by atomic mass is 10.2. The summed E-state index contributed by atoms with van der Waals surface area (Å²) in [6.45, 7) is 4.93. The van der Waals surface area contributed by atoms with Crippen molar-refractivity contribution in [3.63, 3.8) is 0 Å². The van der Waals surface area contributed by atoms with Crippen LogP contribution in [0.5, 0.6) is 0 Å². The number of aryl methyl sites for hydroxylation is 1. The van der Waals surface area contributed by atoms with Gasteiger partial charge >= 0.3 is 0 Å². The van der Waals surface area contributed by atoms with E-state index in [0.717, 1.165) is 12.0 Å². The van der Waals surface area contributed by atoms with E-state index in [1.54, 1.807) is 13.0 Å². The number of carbonyl (C=O) groups is 1. The molecular weight excluding hydrogens is 300 g/mol. The molecule has 1 heterocycles. The van der Waals surface area contributed by atoms with Gasteiger partial charge in [0.15, 0.2) is 0 Å². The monoisotopic (exact) mass is 318 g/mol. The maximum absolute atomic E-state index is 12.0. The van der Waals surface area contributed by atoms with Crippen molar-refractivity contribution in [2.24, 2.45) is 0 Å². The zero-order valence-corrected chi connectivity index (χ0v) is 13.4. The highest BCUT2D eigenvalue weighted by Crippen LogP contribution is 2.16. The van der Waals surface area contributed by atoms with Gasteiger partial charge in [-0.2, -0.15) is 0 Å². The molecule has 2 N–H and O–H groups in total. The molecule has 1 amide bonds. The van der Waals surface area contributed by atoms with Gasteiger partial charge in [-0.15, -0.1) is 0 Å². The van der Waals surface area contributed by atoms with E-state index in [1.807, 2.05) is 31.2 Å². The van der Waals surface area contributed by atoms with E-state index < -0.39 is 0 Å². The smallest absolute Gasteiger partial charge is 0.270 e. The van der Waals surface area contributed by atoms with E-state index in [2.05, 4.69) is 20.6 Å². The van der Waals surface area contributed by atoms with E-state index >= 15 is 0 Å². The van der Waals surface area contributed by atoms with Crippen molar-refractivity contribution in [3.8, 4) is 0 Å². The zero-order chi connectivity index (χ0) is 15.9. The minimum absolute atomic E-state index is 0.187. The van der Waals surface area contributed by atoms with E-state index in [-0.39, 0.29) is 5.91 Å². The van der Waals surface area contributed by atoms with Crippen LogP contribution in [0, 0.1) is 6.92 Å². The molecule has 0 saturated heterocycles. The topological polar surface area (TPSA) is 66.9 Å². The molecule has 1 aromatic heterocycles. The van der Waals surface area contributed by atoms with Crippen LogP contribution in [0.15, 0.2) is 30.3 Å². The number of carbonyl (C=O) groups excluding carboxylic acids is 1. The molecular formula is C16H19ClN4O. The van der Waals surface area contributed by atoms with Crippen LogP contribution in [0.25, 0.3) is 0 Å². The van der Waals surface area contributed by atoms with Gasteiger partial charge in [0.25, 0.3) is 5.91 Å². The molecule has 0 aliphatic carbocycles. The molecule has 0 aliphatic heterocycles. The van der Waals surface area contributed by atoms with Gasteiger partial charge in [-0.25, -0.2) is 9.97 Å². The van der Waals surface area contributed by atoms with Crippen LogP contribution in [0.4, 0.5) is 5.82 Å². The highest BCUT2D eigenvalue weighted by Gasteiger charge is 2.10. The number of hydrogen-bond acceptors (Lipinski definition) is 4. The third-order valence-electron chi connectivity index (χ3n) is 3.02. The maximum atomic E-state index is 12.0. The molecule has 0 fully saturated rings. The van der Waals surface area contributed by atoms with Crippen molar-refractivity contribution in [3.05, 3.63) is 52.4 Å². The SMILES string of the molecule is CCCNC(=O)c1cc(NCc2ccccc2Cl)nc(C)n1. The summed E-state index contributed by atoms with van der Waals surface area (Å²) in [6, 6.07) is 9.25. The van der Waals surface area contributed by atoms with Crippen LogP contribution < -0.4 is 10.6 Å². The fraction of sp³-hybridized carbons (Fsp3) is 0.312. The molecule has 1 aromatic carbocycles. The molecule has 0 aliphatic rings. The summed E-state index contributed by atoms with van der Waals surface area (Å²) < 4.78 is 0. The second kappa shape index (κ2) is 7.75. The molecule has 0 bridgehead atoms. The summed E-state index contributed by atoms with van der Waals surface area (Å²) in [6.07, 6.45) is 0.882. The number of amides is 1. The van der Waals surface area contributed by atoms with Crippen molar-refractivity contribution in [1.29, 1.82) is 0 Å². The minimum atomic E-state index is -0.187. The maximum Gasteiger partial charge on any atom is 0.270 e. The fourth-order valence-corrected chi connectivity index (χ4v) is 2.13. The molecule has 0 spiro atoms. The van der Waals surface area contributed by atoms with Gasteiger partial charge in [-0.1, -0.05) is 36.7 Å². The molecule has 2 aromatic rings. The first-order valence-corrected chi connectivity index (χ1v) is 7.59. The summed E-state index contributed by atoms with van der Waals surface area (Å²) >= 11 is 6.12. The number of aromatic nitrogens is 2. The number of benzene rings is 1. The Hall–Kier alpha value is -2.14. The quantitative estimate of drug-likeness (QED) is 0.858. The second-order valence-electron chi connectivity index (χ2n) is 4.89. The van der Waals surface area contributed by atoms with Crippen molar-refractivity contribution in [2.45, 2.75) is 26.8 Å². The number of rotatable bonds is 6. The van der Waals surface area contributed by atoms with Crippen LogP contribution >= 0.6 is 11.6 Å². The molecule has 0 saturated carbocycles. The first-order valence-electron chi connectivity index (χ1n) is 7.21. The summed E-state index contributed by atoms with van der Waals surface area (Å²) in [5.41, 5.74) is 1.33. The summed E-state index contributed by atoms with van der Waals surface area (Å²) in [7, 11) is 0. The Morgan fingerprint density at radius 2 is 2.05 bits per heavy atom. The van der Waals surface area contributed by atoms with Gasteiger partial charge in [0.05, 0.1) is 0 Å². The normalized spacial score (nSPS) is 10.3. The predicted octanol–water partition coefficient (Wildman–Crippen LogP) is 3.19. The standard InChI is InChI=1S/C16H19ClN4O/c1-3-8-18-16(22)14-9-15(21-11(2)20-14)19-10-12-6-4-5-7-13(12)17/h4-7,9H,3,8,10H2,1-2H3,(H,18,22)(H,19,20,21). The molecule has 0 radical (unpaired) electrons. The number of nitrogens with zero attached hydrogens (tertiary/aromatic N) is 2. The highest BCUT2D eigenvalue weighted by molar-refractivity contribution is 6.31. The Balaban J connectivity index is 2.09. The fourth-order valence-electron chi connectivity index (χ4n) is 1.93. The Morgan fingerprint density at radius 1 is 1.27 bits per heavy atom. The van der Waals surface area contributed by atoms with Gasteiger partial charge < -0.3 is 10.6 Å². The highest BCUT2D eigenvalue weighted by atomic mass is 35.5. The lowest BCUT2D eigenvalue weighted by Crippen LogP contribution is -2.25. The Morgan fingerprint density at radius 3 is 2.77 bits per heavy atom. The first kappa shape index (κ1) is 16.2. The molecule has 0 atom stereocenters. The molecule has 2 rings (SSSR count). The van der Waals surface area contributed by atoms with Crippen LogP contribution in [-0.2, 0) is 6.54 Å². The molecule has 22 heavy (non-hydrogen) atoms. The largest absolute Gasteiger partial charge is 0.366 e. The van der Waals surface area contributed by atoms with Crippen LogP contribution in [0.3, 0.4) is 0 Å². The summed E-state index contributed by atoms with van der Waals surface area (Å²) in [5, 5.41) is 6.68. The Kier molecular flexibility index (Phi) is 5.72. The lowest BCUT2D eigenvalue weighted by Gasteiger charge is -2.10. The first-order chi connectivity index (χ1) is 10.6. The minimum Gasteiger partial charge on any atom is -0.366 e. The van der Waals surface area contributed by atoms with E-state index in [1.165, 1.54) is 0 Å². The van der Waals surface area contributed by atoms with Gasteiger partial charge in [-0.05, 0) is 25.0 Å². The number of anilines is 1. The van der Waals surface area contributed by atoms with Gasteiger partial charge in [0, 0.05) is 24.2 Å². The molecule has 6 heteroatoms. The van der Waals surface area contributed by atoms with Gasteiger partial charge in [-0.3, -0.25) is 4.79 Å². The summed E-state index contributed by atoms with van der Waals surface area (Å²) in [4.78, 5) is 20.5. The molecule has 5 nitrogen and oxygen atoms in total. The Labute approximate surface area is 135 Å². The van der Waals surface area contributed by atoms with Crippen molar-refractivity contribution >= 4 is 23.3 Å². The van der Waals surface area contributed by atoms with Crippen molar-refractivity contribution in [1.82, 2.24) is 15.3 Å². The summed E-state index contributed by atoms with van der Waals surface area (Å²) in [5.74, 6) is 0.966. The second-order valence-corrected chi connectivity index (χ2v) is 5.29. The number of hydrogen-bond donors (Lipinski definition) is 2. The van der Waals surface area contributed by atoms with Gasteiger partial charge in [0.1, 0.15) is 17.3 Å². The molecule has 0 unspecified atom stereocenters. The average Bonchev–Trinajstić information content (AvgIpc) is 2.51. The number of halogens is 1. The third-order valence-corrected chi connectivity index (χ3v) is 3.39. The predicted molar refractivity (Wildman–Crippen MR) is 88.2 cm³/mol. The van der Waals surface area contributed by atoms with E-state index in [9.17, 15) is 4.79 Å². The van der Waals surface area contributed by atoms with E-state index in [4.69, 9.17) is 11.6 Å². The Bertz CT molecular complexity index is 660. The average molecular weight is 319 g/mol. The molecule has 116 valence electrons. The zero-order valence-electron chi connectivity index (χ0n) is 12.7. The van der Waals surface area contributed by atoms with Crippen molar-refractivity contribution < 1.29 is 4.79 Å². The van der Waals surface area contributed by atoms with Crippen LogP contribution in [-0.4, -0.2) is 22.4 Å². The van der Waals surface area contributed by atoms with Crippen LogP contribution in [0.1, 0.15) is 35.2 Å². The number of nitrogens with one attached hydrogen (secondary N) is 2. The lowest BCUT2D eigenvalue weighted by molar-refractivity contribution is 0.0948. The van der Waals surface area contributed by atoms with Gasteiger partial charge in [0.2, 0.25) is 0 Å². The van der Waals surface area contributed by atoms with Crippen molar-refractivity contribution in [2.75, 3.05) is 11.9 Å². The van der Waals surface area contributed by atoms with Crippen LogP contribution in [0.2, 0.25) is 5.02 Å².